The van der Waals surface area contributed by atoms with Crippen LogP contribution < -0.4 is 51.4 Å². The largest absolute Gasteiger partial charge is 1.00 e. The van der Waals surface area contributed by atoms with E-state index in [9.17, 15) is 4.39 Å². The zero-order valence-electron chi connectivity index (χ0n) is 8.41. The van der Waals surface area contributed by atoms with Crippen LogP contribution in [0.5, 0.6) is 0 Å². The first-order valence-corrected chi connectivity index (χ1v) is 4.70. The Balaban J connectivity index is 0.00000112. The Morgan fingerprint density at radius 1 is 0.867 bits per heavy atom. The van der Waals surface area contributed by atoms with Crippen LogP contribution in [0.4, 0.5) is 4.39 Å². The molecule has 0 bridgehead atoms. The molecule has 0 aliphatic carbocycles. The Morgan fingerprint density at radius 3 is 2.13 bits per heavy atom. The number of hydrogen-bond acceptors (Lipinski definition) is 1. The van der Waals surface area contributed by atoms with Crippen molar-refractivity contribution < 1.29 is 55.8 Å². The van der Waals surface area contributed by atoms with Gasteiger partial charge < -0.3 is 12.6 Å². The third kappa shape index (κ3) is 3.34. The van der Waals surface area contributed by atoms with E-state index >= 15 is 0 Å². The third-order valence-electron chi connectivity index (χ3n) is 2.04. The van der Waals surface area contributed by atoms with Crippen molar-refractivity contribution in [2.45, 2.75) is 4.90 Å². The third-order valence-corrected chi connectivity index (χ3v) is 2.37. The van der Waals surface area contributed by atoms with E-state index in [1.807, 2.05) is 36.4 Å². The van der Waals surface area contributed by atoms with Crippen LogP contribution in [0, 0.1) is 5.82 Å². The summed E-state index contributed by atoms with van der Waals surface area (Å²) in [5, 5.41) is 0. The molecule has 0 saturated carbocycles. The summed E-state index contributed by atoms with van der Waals surface area (Å²) in [5.74, 6) is -0.332. The molecule has 0 atom stereocenters. The number of halogens is 1. The van der Waals surface area contributed by atoms with E-state index in [-0.39, 0.29) is 62.1 Å². The fraction of sp³-hybridized carbons (Fsp3) is 0. The van der Waals surface area contributed by atoms with Crippen LogP contribution in [0.25, 0.3) is 11.1 Å². The maximum absolute atomic E-state index is 13.2. The molecule has 2 aromatic carbocycles. The van der Waals surface area contributed by atoms with Gasteiger partial charge in [-0.3, -0.25) is 0 Å². The quantitative estimate of drug-likeness (QED) is 0.515. The minimum Gasteiger partial charge on any atom is -0.777 e. The average Bonchev–Trinajstić information content (AvgIpc) is 2.23. The minimum absolute atomic E-state index is 0. The zero-order valence-corrected chi connectivity index (χ0v) is 12.3. The van der Waals surface area contributed by atoms with Gasteiger partial charge in [-0.2, -0.15) is 0 Å². The van der Waals surface area contributed by atoms with Crippen molar-refractivity contribution in [1.82, 2.24) is 0 Å². The van der Waals surface area contributed by atoms with Crippen LogP contribution in [0.2, 0.25) is 0 Å². The van der Waals surface area contributed by atoms with Crippen molar-refractivity contribution in [1.29, 1.82) is 0 Å². The van der Waals surface area contributed by atoms with E-state index in [0.29, 0.717) is 0 Å². The Morgan fingerprint density at radius 2 is 1.53 bits per heavy atom. The molecule has 0 N–H and O–H groups in total. The van der Waals surface area contributed by atoms with Crippen molar-refractivity contribution in [2.75, 3.05) is 0 Å². The van der Waals surface area contributed by atoms with E-state index in [0.717, 1.165) is 11.1 Å². The van der Waals surface area contributed by atoms with Gasteiger partial charge in [0.25, 0.3) is 0 Å². The Kier molecular flexibility index (Phi) is 5.39. The molecule has 2 rings (SSSR count). The molecule has 0 radical (unpaired) electrons. The second-order valence-corrected chi connectivity index (χ2v) is 3.45. The molecular formula is C12H8FKS. The van der Waals surface area contributed by atoms with Gasteiger partial charge in [-0.15, -0.1) is 4.90 Å². The monoisotopic (exact) mass is 242 g/mol. The Labute approximate surface area is 137 Å². The predicted octanol–water partition coefficient (Wildman–Crippen LogP) is 0.402. The topological polar surface area (TPSA) is 0 Å². The maximum Gasteiger partial charge on any atom is 1.00 e. The van der Waals surface area contributed by atoms with Crippen molar-refractivity contribution in [3.8, 4) is 11.1 Å². The van der Waals surface area contributed by atoms with Gasteiger partial charge in [-0.05, 0) is 17.2 Å². The molecule has 0 amide bonds. The van der Waals surface area contributed by atoms with Gasteiger partial charge >= 0.3 is 51.4 Å². The number of hydrogen-bond donors (Lipinski definition) is 0. The summed E-state index contributed by atoms with van der Waals surface area (Å²) in [6.07, 6.45) is 0. The van der Waals surface area contributed by atoms with Crippen LogP contribution in [-0.2, 0) is 12.6 Å². The van der Waals surface area contributed by atoms with E-state index in [1.165, 1.54) is 6.07 Å². The van der Waals surface area contributed by atoms with E-state index in [4.69, 9.17) is 12.6 Å². The molecule has 0 spiro atoms. The van der Waals surface area contributed by atoms with Crippen molar-refractivity contribution in [3.63, 3.8) is 0 Å². The van der Waals surface area contributed by atoms with Gasteiger partial charge in [0.15, 0.2) is 0 Å². The number of benzene rings is 2. The summed E-state index contributed by atoms with van der Waals surface area (Å²) in [6.45, 7) is 0. The molecule has 0 fully saturated rings. The molecule has 0 aliphatic rings. The summed E-state index contributed by atoms with van der Waals surface area (Å²) >= 11 is 4.79. The first-order valence-electron chi connectivity index (χ1n) is 4.29. The first-order chi connectivity index (χ1) is 6.77. The van der Waals surface area contributed by atoms with E-state index in [2.05, 4.69) is 0 Å². The summed E-state index contributed by atoms with van der Waals surface area (Å²) in [7, 11) is 0. The van der Waals surface area contributed by atoms with Gasteiger partial charge in [0.1, 0.15) is 5.82 Å². The van der Waals surface area contributed by atoms with E-state index in [1.54, 1.807) is 6.07 Å². The summed E-state index contributed by atoms with van der Waals surface area (Å²) in [5.41, 5.74) is 1.86. The molecule has 15 heavy (non-hydrogen) atoms. The normalized spacial score (nSPS) is 9.40. The molecule has 70 valence electrons. The van der Waals surface area contributed by atoms with Crippen molar-refractivity contribution in [3.05, 3.63) is 54.3 Å². The minimum atomic E-state index is -0.332. The van der Waals surface area contributed by atoms with Gasteiger partial charge in [-0.25, -0.2) is 4.39 Å². The maximum atomic E-state index is 13.2. The molecule has 2 aromatic rings. The predicted molar refractivity (Wildman–Crippen MR) is 57.5 cm³/mol. The van der Waals surface area contributed by atoms with Crippen LogP contribution in [0.15, 0.2) is 53.4 Å². The van der Waals surface area contributed by atoms with Crippen LogP contribution in [0.1, 0.15) is 0 Å². The smallest absolute Gasteiger partial charge is 0.777 e. The van der Waals surface area contributed by atoms with Gasteiger partial charge in [-0.1, -0.05) is 42.5 Å². The molecule has 0 heterocycles. The second kappa shape index (κ2) is 6.08. The number of rotatable bonds is 1. The SMILES string of the molecule is Fc1cc(-c2ccccc2)ccc1[S-].[K+]. The zero-order chi connectivity index (χ0) is 9.97. The average molecular weight is 242 g/mol. The van der Waals surface area contributed by atoms with Gasteiger partial charge in [0, 0.05) is 0 Å². The molecule has 3 heteroatoms. The van der Waals surface area contributed by atoms with E-state index < -0.39 is 0 Å². The van der Waals surface area contributed by atoms with Crippen molar-refractivity contribution in [2.24, 2.45) is 0 Å². The summed E-state index contributed by atoms with van der Waals surface area (Å²) in [4.78, 5) is 0.268. The van der Waals surface area contributed by atoms with Gasteiger partial charge in [0.2, 0.25) is 0 Å². The fourth-order valence-electron chi connectivity index (χ4n) is 1.31. The van der Waals surface area contributed by atoms with Gasteiger partial charge in [0.05, 0.1) is 0 Å². The molecule has 0 nitrogen and oxygen atoms in total. The fourth-order valence-corrected chi connectivity index (χ4v) is 1.44. The summed E-state index contributed by atoms with van der Waals surface area (Å²) in [6, 6.07) is 14.6. The van der Waals surface area contributed by atoms with Crippen LogP contribution in [0.3, 0.4) is 0 Å². The first kappa shape index (κ1) is 13.3. The molecule has 0 saturated heterocycles. The Bertz CT molecular complexity index is 443. The summed E-state index contributed by atoms with van der Waals surface area (Å²) < 4.78 is 13.2. The standard InChI is InChI=1S/C12H9FS.K/c13-11-8-10(6-7-12(11)14)9-4-2-1-3-5-9;/h1-8,14H;/q;+1/p-1. The Hall–Kier alpha value is 0.226. The van der Waals surface area contributed by atoms with Crippen molar-refractivity contribution >= 4 is 12.6 Å². The van der Waals surface area contributed by atoms with Crippen LogP contribution in [-0.4, -0.2) is 0 Å². The molecule has 0 unspecified atom stereocenters. The molecule has 0 aromatic heterocycles. The molecule has 0 aliphatic heterocycles. The molecular weight excluding hydrogens is 234 g/mol. The van der Waals surface area contributed by atoms with Crippen LogP contribution >= 0.6 is 0 Å². The second-order valence-electron chi connectivity index (χ2n) is 3.01.